The summed E-state index contributed by atoms with van der Waals surface area (Å²) in [6.07, 6.45) is 1.37. The molecule has 2 rings (SSSR count). The molecule has 0 saturated heterocycles. The molecule has 4 nitrogen and oxygen atoms in total. The number of anilines is 3. The lowest BCUT2D eigenvalue weighted by Crippen LogP contribution is -1.99. The number of hydrogen-bond acceptors (Lipinski definition) is 4. The summed E-state index contributed by atoms with van der Waals surface area (Å²) in [6, 6.07) is 7.86. The van der Waals surface area contributed by atoms with Gasteiger partial charge in [-0.2, -0.15) is 0 Å². The van der Waals surface area contributed by atoms with Gasteiger partial charge in [-0.3, -0.25) is 0 Å². The van der Waals surface area contributed by atoms with E-state index in [4.69, 9.17) is 17.3 Å². The molecule has 0 radical (unpaired) electrons. The Morgan fingerprint density at radius 3 is 2.56 bits per heavy atom. The average Bonchev–Trinajstić information content (AvgIpc) is 2.28. The molecule has 0 unspecified atom stereocenters. The van der Waals surface area contributed by atoms with Crippen LogP contribution in [0.2, 0.25) is 5.02 Å². The van der Waals surface area contributed by atoms with Crippen LogP contribution in [0.15, 0.2) is 30.6 Å². The molecule has 0 fully saturated rings. The lowest BCUT2D eigenvalue weighted by atomic mass is 10.3. The molecule has 0 aliphatic heterocycles. The minimum Gasteiger partial charge on any atom is -0.382 e. The maximum Gasteiger partial charge on any atom is 0.154 e. The monoisotopic (exact) mass is 346 g/mol. The highest BCUT2D eigenvalue weighted by molar-refractivity contribution is 14.1. The smallest absolute Gasteiger partial charge is 0.154 e. The Morgan fingerprint density at radius 2 is 1.88 bits per heavy atom. The Balaban J connectivity index is 2.27. The Bertz CT molecular complexity index is 501. The Hall–Kier alpha value is -1.08. The number of rotatable bonds is 2. The van der Waals surface area contributed by atoms with Gasteiger partial charge >= 0.3 is 0 Å². The number of nitrogen functional groups attached to an aromatic ring is 1. The molecule has 6 heteroatoms. The van der Waals surface area contributed by atoms with Crippen LogP contribution >= 0.6 is 34.2 Å². The third-order valence-corrected chi connectivity index (χ3v) is 3.02. The third-order valence-electron chi connectivity index (χ3n) is 1.92. The van der Waals surface area contributed by atoms with Crippen molar-refractivity contribution in [2.24, 2.45) is 0 Å². The molecule has 1 heterocycles. The van der Waals surface area contributed by atoms with Crippen molar-refractivity contribution in [2.45, 2.75) is 0 Å². The average molecular weight is 347 g/mol. The van der Waals surface area contributed by atoms with Crippen molar-refractivity contribution in [3.63, 3.8) is 0 Å². The number of benzene rings is 1. The zero-order valence-electron chi connectivity index (χ0n) is 8.11. The number of nitrogens with zero attached hydrogens (tertiary/aromatic N) is 2. The summed E-state index contributed by atoms with van der Waals surface area (Å²) in [4.78, 5) is 7.81. The van der Waals surface area contributed by atoms with E-state index in [0.29, 0.717) is 10.8 Å². The SMILES string of the molecule is Nc1ncnc(Nc2ccc(I)cc2)c1Cl. The van der Waals surface area contributed by atoms with E-state index in [1.807, 2.05) is 24.3 Å². The van der Waals surface area contributed by atoms with Gasteiger partial charge in [0.1, 0.15) is 17.2 Å². The molecule has 0 bridgehead atoms. The Labute approximate surface area is 111 Å². The summed E-state index contributed by atoms with van der Waals surface area (Å²) >= 11 is 8.20. The first-order valence-electron chi connectivity index (χ1n) is 4.45. The first-order chi connectivity index (χ1) is 7.66. The van der Waals surface area contributed by atoms with Gasteiger partial charge in [0.15, 0.2) is 5.82 Å². The highest BCUT2D eigenvalue weighted by Crippen LogP contribution is 2.26. The molecule has 1 aromatic heterocycles. The highest BCUT2D eigenvalue weighted by Gasteiger charge is 2.06. The normalized spacial score (nSPS) is 10.1. The van der Waals surface area contributed by atoms with Crippen molar-refractivity contribution >= 4 is 51.5 Å². The fourth-order valence-corrected chi connectivity index (χ4v) is 1.64. The number of aromatic nitrogens is 2. The molecular formula is C10H8ClIN4. The van der Waals surface area contributed by atoms with E-state index in [1.54, 1.807) is 0 Å². The molecule has 2 aromatic rings. The number of halogens is 2. The van der Waals surface area contributed by atoms with E-state index in [1.165, 1.54) is 6.33 Å². The molecule has 82 valence electrons. The van der Waals surface area contributed by atoms with Gasteiger partial charge in [-0.1, -0.05) is 11.6 Å². The number of nitrogens with one attached hydrogen (secondary N) is 1. The van der Waals surface area contributed by atoms with E-state index in [9.17, 15) is 0 Å². The minimum absolute atomic E-state index is 0.268. The molecule has 3 N–H and O–H groups in total. The van der Waals surface area contributed by atoms with Gasteiger partial charge in [0.05, 0.1) is 0 Å². The van der Waals surface area contributed by atoms with E-state index in [2.05, 4.69) is 37.9 Å². The van der Waals surface area contributed by atoms with Gasteiger partial charge in [-0.05, 0) is 46.9 Å². The zero-order valence-corrected chi connectivity index (χ0v) is 11.0. The molecule has 0 aliphatic rings. The number of nitrogens with two attached hydrogens (primary N) is 1. The second kappa shape index (κ2) is 4.84. The van der Waals surface area contributed by atoms with E-state index >= 15 is 0 Å². The maximum absolute atomic E-state index is 5.96. The summed E-state index contributed by atoms with van der Waals surface area (Å²) in [5, 5.41) is 3.41. The summed E-state index contributed by atoms with van der Waals surface area (Å²) in [6.45, 7) is 0. The first-order valence-corrected chi connectivity index (χ1v) is 5.91. The Kier molecular flexibility index (Phi) is 3.45. The van der Waals surface area contributed by atoms with E-state index < -0.39 is 0 Å². The fraction of sp³-hybridized carbons (Fsp3) is 0. The minimum atomic E-state index is 0.268. The van der Waals surface area contributed by atoms with Gasteiger partial charge in [0.25, 0.3) is 0 Å². The van der Waals surface area contributed by atoms with Crippen molar-refractivity contribution in [1.82, 2.24) is 9.97 Å². The van der Waals surface area contributed by atoms with Gasteiger partial charge < -0.3 is 11.1 Å². The van der Waals surface area contributed by atoms with Crippen LogP contribution in [0.1, 0.15) is 0 Å². The molecule has 0 spiro atoms. The summed E-state index contributed by atoms with van der Waals surface area (Å²) < 4.78 is 1.16. The predicted molar refractivity (Wildman–Crippen MR) is 73.9 cm³/mol. The fourth-order valence-electron chi connectivity index (χ4n) is 1.14. The second-order valence-corrected chi connectivity index (χ2v) is 4.68. The Morgan fingerprint density at radius 1 is 1.19 bits per heavy atom. The summed E-state index contributed by atoms with van der Waals surface area (Å²) in [5.74, 6) is 0.778. The van der Waals surface area contributed by atoms with Crippen LogP contribution in [0.4, 0.5) is 17.3 Å². The van der Waals surface area contributed by atoms with Gasteiger partial charge in [0.2, 0.25) is 0 Å². The van der Waals surface area contributed by atoms with Crippen molar-refractivity contribution in [1.29, 1.82) is 0 Å². The maximum atomic E-state index is 5.96. The van der Waals surface area contributed by atoms with Crippen molar-refractivity contribution in [3.05, 3.63) is 39.2 Å². The van der Waals surface area contributed by atoms with E-state index in [-0.39, 0.29) is 5.82 Å². The largest absolute Gasteiger partial charge is 0.382 e. The topological polar surface area (TPSA) is 63.8 Å². The zero-order chi connectivity index (χ0) is 11.5. The van der Waals surface area contributed by atoms with Crippen LogP contribution in [-0.4, -0.2) is 9.97 Å². The molecule has 0 aliphatic carbocycles. The highest BCUT2D eigenvalue weighted by atomic mass is 127. The predicted octanol–water partition coefficient (Wildman–Crippen LogP) is 3.06. The van der Waals surface area contributed by atoms with E-state index in [0.717, 1.165) is 9.26 Å². The van der Waals surface area contributed by atoms with Crippen LogP contribution in [0.25, 0.3) is 0 Å². The van der Waals surface area contributed by atoms with Crippen LogP contribution < -0.4 is 11.1 Å². The van der Waals surface area contributed by atoms with Crippen molar-refractivity contribution < 1.29 is 0 Å². The first kappa shape index (κ1) is 11.4. The van der Waals surface area contributed by atoms with Gasteiger partial charge in [-0.25, -0.2) is 9.97 Å². The molecular weight excluding hydrogens is 338 g/mol. The number of hydrogen-bond donors (Lipinski definition) is 2. The summed E-state index contributed by atoms with van der Waals surface area (Å²) in [7, 11) is 0. The van der Waals surface area contributed by atoms with Crippen LogP contribution in [0, 0.1) is 3.57 Å². The summed E-state index contributed by atoms with van der Waals surface area (Å²) in [5.41, 5.74) is 6.48. The van der Waals surface area contributed by atoms with Crippen LogP contribution in [0.5, 0.6) is 0 Å². The molecule has 1 aromatic carbocycles. The van der Waals surface area contributed by atoms with Crippen molar-refractivity contribution in [3.8, 4) is 0 Å². The van der Waals surface area contributed by atoms with Crippen LogP contribution in [-0.2, 0) is 0 Å². The second-order valence-electron chi connectivity index (χ2n) is 3.05. The van der Waals surface area contributed by atoms with Crippen molar-refractivity contribution in [2.75, 3.05) is 11.1 Å². The lowest BCUT2D eigenvalue weighted by molar-refractivity contribution is 1.18. The quantitative estimate of drug-likeness (QED) is 0.820. The molecule has 0 saturated carbocycles. The molecule has 0 atom stereocenters. The molecule has 0 amide bonds. The molecule has 16 heavy (non-hydrogen) atoms. The lowest BCUT2D eigenvalue weighted by Gasteiger charge is -2.07. The third kappa shape index (κ3) is 2.53. The van der Waals surface area contributed by atoms with Crippen LogP contribution in [0.3, 0.4) is 0 Å². The standard InChI is InChI=1S/C10H8ClIN4/c11-8-9(13)14-5-15-10(8)16-7-3-1-6(12)2-4-7/h1-5H,(H3,13,14,15,16). The van der Waals surface area contributed by atoms with Gasteiger partial charge in [0, 0.05) is 9.26 Å². The van der Waals surface area contributed by atoms with Gasteiger partial charge in [-0.15, -0.1) is 0 Å².